The van der Waals surface area contributed by atoms with Crippen LogP contribution in [-0.2, 0) is 6.61 Å². The number of benzene rings is 3. The van der Waals surface area contributed by atoms with Gasteiger partial charge in [0.05, 0.1) is 5.69 Å². The van der Waals surface area contributed by atoms with Gasteiger partial charge in [0.1, 0.15) is 12.4 Å². The molecule has 23 heavy (non-hydrogen) atoms. The molecule has 3 aromatic rings. The first kappa shape index (κ1) is 15.3. The molecule has 0 amide bonds. The lowest BCUT2D eigenvalue weighted by Crippen LogP contribution is -1.98. The summed E-state index contributed by atoms with van der Waals surface area (Å²) in [4.78, 5) is 4.48. The fourth-order valence-electron chi connectivity index (χ4n) is 2.12. The molecule has 0 radical (unpaired) electrons. The molecule has 114 valence electrons. The Balaban J connectivity index is 1.73. The Labute approximate surface area is 141 Å². The van der Waals surface area contributed by atoms with Crippen LogP contribution >= 0.6 is 11.6 Å². The van der Waals surface area contributed by atoms with Crippen molar-refractivity contribution in [2.24, 2.45) is 4.99 Å². The van der Waals surface area contributed by atoms with E-state index in [1.165, 1.54) is 0 Å². The third-order valence-corrected chi connectivity index (χ3v) is 3.59. The minimum Gasteiger partial charge on any atom is -0.488 e. The molecular weight excluding hydrogens is 306 g/mol. The van der Waals surface area contributed by atoms with E-state index < -0.39 is 0 Å². The molecule has 0 aliphatic heterocycles. The molecule has 0 bridgehead atoms. The summed E-state index contributed by atoms with van der Waals surface area (Å²) in [6, 6.07) is 25.4. The Hall–Kier alpha value is -2.58. The molecule has 2 nitrogen and oxygen atoms in total. The Morgan fingerprint density at radius 3 is 2.30 bits per heavy atom. The van der Waals surface area contributed by atoms with Crippen molar-refractivity contribution in [3.63, 3.8) is 0 Å². The lowest BCUT2D eigenvalue weighted by Gasteiger charge is -2.09. The van der Waals surface area contributed by atoms with Crippen molar-refractivity contribution in [3.8, 4) is 5.75 Å². The minimum absolute atomic E-state index is 0.493. The molecule has 3 heteroatoms. The lowest BCUT2D eigenvalue weighted by atomic mass is 10.2. The highest BCUT2D eigenvalue weighted by atomic mass is 35.5. The highest BCUT2D eigenvalue weighted by molar-refractivity contribution is 6.30. The van der Waals surface area contributed by atoms with E-state index in [9.17, 15) is 0 Å². The van der Waals surface area contributed by atoms with Crippen molar-refractivity contribution in [2.45, 2.75) is 6.61 Å². The topological polar surface area (TPSA) is 21.6 Å². The van der Waals surface area contributed by atoms with Gasteiger partial charge in [-0.05, 0) is 42.0 Å². The van der Waals surface area contributed by atoms with E-state index >= 15 is 0 Å². The second kappa shape index (κ2) is 7.61. The highest BCUT2D eigenvalue weighted by Gasteiger charge is 2.01. The van der Waals surface area contributed by atoms with Crippen LogP contribution in [0.3, 0.4) is 0 Å². The van der Waals surface area contributed by atoms with Crippen molar-refractivity contribution in [1.29, 1.82) is 0 Å². The van der Waals surface area contributed by atoms with Gasteiger partial charge in [0.2, 0.25) is 0 Å². The maximum atomic E-state index is 5.92. The fourth-order valence-corrected chi connectivity index (χ4v) is 2.24. The van der Waals surface area contributed by atoms with Crippen LogP contribution in [0.1, 0.15) is 11.1 Å². The SMILES string of the molecule is Clc1ccc(COc2ccccc2C=Nc2ccccc2)cc1. The van der Waals surface area contributed by atoms with Crippen LogP contribution in [0.5, 0.6) is 5.75 Å². The van der Waals surface area contributed by atoms with Crippen LogP contribution in [0.15, 0.2) is 83.9 Å². The van der Waals surface area contributed by atoms with E-state index in [1.54, 1.807) is 0 Å². The van der Waals surface area contributed by atoms with Crippen LogP contribution in [0.25, 0.3) is 0 Å². The molecule has 0 atom stereocenters. The third kappa shape index (κ3) is 4.44. The Morgan fingerprint density at radius 1 is 0.826 bits per heavy atom. The first-order chi connectivity index (χ1) is 11.3. The van der Waals surface area contributed by atoms with Crippen molar-refractivity contribution < 1.29 is 4.74 Å². The van der Waals surface area contributed by atoms with Crippen molar-refractivity contribution in [2.75, 3.05) is 0 Å². The van der Waals surface area contributed by atoms with E-state index in [1.807, 2.05) is 85.1 Å². The number of rotatable bonds is 5. The van der Waals surface area contributed by atoms with Gasteiger partial charge in [-0.3, -0.25) is 4.99 Å². The molecule has 0 saturated carbocycles. The summed E-state index contributed by atoms with van der Waals surface area (Å²) in [5, 5.41) is 0.726. The molecule has 3 rings (SSSR count). The monoisotopic (exact) mass is 321 g/mol. The predicted octanol–water partition coefficient (Wildman–Crippen LogP) is 5.67. The second-order valence-corrected chi connectivity index (χ2v) is 5.48. The summed E-state index contributed by atoms with van der Waals surface area (Å²) in [6.07, 6.45) is 1.83. The predicted molar refractivity (Wildman–Crippen MR) is 95.9 cm³/mol. The van der Waals surface area contributed by atoms with Crippen LogP contribution in [0, 0.1) is 0 Å². The molecule has 0 spiro atoms. The first-order valence-electron chi connectivity index (χ1n) is 7.37. The van der Waals surface area contributed by atoms with Gasteiger partial charge in [-0.1, -0.05) is 54.1 Å². The maximum absolute atomic E-state index is 5.92. The highest BCUT2D eigenvalue weighted by Crippen LogP contribution is 2.20. The summed E-state index contributed by atoms with van der Waals surface area (Å²) in [5.74, 6) is 0.808. The standard InChI is InChI=1S/C20H16ClNO/c21-18-12-10-16(11-13-18)15-23-20-9-5-4-6-17(20)14-22-19-7-2-1-3-8-19/h1-14H,15H2. The molecule has 0 aromatic heterocycles. The molecule has 3 aromatic carbocycles. The van der Waals surface area contributed by atoms with Gasteiger partial charge in [0.25, 0.3) is 0 Å². The summed E-state index contributed by atoms with van der Waals surface area (Å²) in [7, 11) is 0. The van der Waals surface area contributed by atoms with Crippen molar-refractivity contribution in [1.82, 2.24) is 0 Å². The molecule has 0 aliphatic rings. The summed E-state index contributed by atoms with van der Waals surface area (Å²) in [6.45, 7) is 0.493. The number of hydrogen-bond donors (Lipinski definition) is 0. The average molecular weight is 322 g/mol. The van der Waals surface area contributed by atoms with Crippen LogP contribution in [-0.4, -0.2) is 6.21 Å². The largest absolute Gasteiger partial charge is 0.488 e. The average Bonchev–Trinajstić information content (AvgIpc) is 2.61. The fraction of sp³-hybridized carbons (Fsp3) is 0.0500. The number of hydrogen-bond acceptors (Lipinski definition) is 2. The van der Waals surface area contributed by atoms with Gasteiger partial charge in [0.15, 0.2) is 0 Å². The zero-order valence-electron chi connectivity index (χ0n) is 12.5. The third-order valence-electron chi connectivity index (χ3n) is 3.34. The molecule has 0 fully saturated rings. The quantitative estimate of drug-likeness (QED) is 0.555. The molecule has 0 heterocycles. The van der Waals surface area contributed by atoms with Gasteiger partial charge < -0.3 is 4.74 Å². The van der Waals surface area contributed by atoms with Gasteiger partial charge in [0, 0.05) is 16.8 Å². The number of aliphatic imine (C=N–C) groups is 1. The van der Waals surface area contributed by atoms with E-state index in [0.717, 1.165) is 27.6 Å². The molecule has 0 saturated heterocycles. The van der Waals surface area contributed by atoms with Crippen LogP contribution in [0.4, 0.5) is 5.69 Å². The molecule has 0 N–H and O–H groups in total. The number of nitrogens with zero attached hydrogens (tertiary/aromatic N) is 1. The van der Waals surface area contributed by atoms with E-state index in [-0.39, 0.29) is 0 Å². The van der Waals surface area contributed by atoms with Crippen molar-refractivity contribution in [3.05, 3.63) is 95.0 Å². The molecule has 0 aliphatic carbocycles. The minimum atomic E-state index is 0.493. The summed E-state index contributed by atoms with van der Waals surface area (Å²) >= 11 is 5.90. The van der Waals surface area contributed by atoms with E-state index in [0.29, 0.717) is 6.61 Å². The van der Waals surface area contributed by atoms with E-state index in [2.05, 4.69) is 4.99 Å². The van der Waals surface area contributed by atoms with Gasteiger partial charge in [-0.25, -0.2) is 0 Å². The summed E-state index contributed by atoms with van der Waals surface area (Å²) < 4.78 is 5.92. The van der Waals surface area contributed by atoms with Gasteiger partial charge in [-0.15, -0.1) is 0 Å². The second-order valence-electron chi connectivity index (χ2n) is 5.05. The van der Waals surface area contributed by atoms with Gasteiger partial charge >= 0.3 is 0 Å². The Kier molecular flexibility index (Phi) is 5.07. The maximum Gasteiger partial charge on any atom is 0.128 e. The van der Waals surface area contributed by atoms with E-state index in [4.69, 9.17) is 16.3 Å². The lowest BCUT2D eigenvalue weighted by molar-refractivity contribution is 0.306. The Morgan fingerprint density at radius 2 is 1.52 bits per heavy atom. The van der Waals surface area contributed by atoms with Gasteiger partial charge in [-0.2, -0.15) is 0 Å². The van der Waals surface area contributed by atoms with Crippen molar-refractivity contribution >= 4 is 23.5 Å². The van der Waals surface area contributed by atoms with Crippen LogP contribution in [0.2, 0.25) is 5.02 Å². The number of para-hydroxylation sites is 2. The normalized spacial score (nSPS) is 10.8. The number of ether oxygens (including phenoxy) is 1. The smallest absolute Gasteiger partial charge is 0.128 e. The molecule has 0 unspecified atom stereocenters. The zero-order valence-corrected chi connectivity index (χ0v) is 13.3. The Bertz CT molecular complexity index is 782. The van der Waals surface area contributed by atoms with Crippen LogP contribution < -0.4 is 4.74 Å². The zero-order chi connectivity index (χ0) is 15.9. The number of halogens is 1. The molecular formula is C20H16ClNO. The first-order valence-corrected chi connectivity index (χ1v) is 7.74. The summed E-state index contributed by atoms with van der Waals surface area (Å²) in [5.41, 5.74) is 2.94.